The lowest BCUT2D eigenvalue weighted by Gasteiger charge is -2.37. The van der Waals surface area contributed by atoms with Crippen molar-refractivity contribution >= 4 is 0 Å². The third kappa shape index (κ3) is 4.12. The fraction of sp³-hybridized carbons (Fsp3) is 1.00. The fourth-order valence-corrected chi connectivity index (χ4v) is 2.66. The third-order valence-electron chi connectivity index (χ3n) is 3.76. The van der Waals surface area contributed by atoms with E-state index in [1.165, 1.54) is 38.8 Å². The molecule has 1 fully saturated rings. The van der Waals surface area contributed by atoms with Gasteiger partial charge in [-0.15, -0.1) is 0 Å². The molecule has 0 spiro atoms. The Balaban J connectivity index is 2.35. The van der Waals surface area contributed by atoms with Crippen LogP contribution in [0.2, 0.25) is 0 Å². The van der Waals surface area contributed by atoms with Gasteiger partial charge in [0.15, 0.2) is 0 Å². The smallest absolute Gasteiger partial charge is 0.0220 e. The average Bonchev–Trinajstić information content (AvgIpc) is 2.26. The van der Waals surface area contributed by atoms with E-state index in [9.17, 15) is 0 Å². The van der Waals surface area contributed by atoms with E-state index < -0.39 is 0 Å². The van der Waals surface area contributed by atoms with Crippen LogP contribution in [0.3, 0.4) is 0 Å². The number of piperidine rings is 1. The van der Waals surface area contributed by atoms with Crippen molar-refractivity contribution in [2.45, 2.75) is 52.5 Å². The third-order valence-corrected chi connectivity index (χ3v) is 3.76. The van der Waals surface area contributed by atoms with E-state index in [0.717, 1.165) is 18.4 Å². The van der Waals surface area contributed by atoms with E-state index in [4.69, 9.17) is 5.73 Å². The minimum Gasteiger partial charge on any atom is -0.329 e. The van der Waals surface area contributed by atoms with Gasteiger partial charge in [0, 0.05) is 12.6 Å². The number of rotatable bonds is 5. The average molecular weight is 212 g/mol. The molecule has 0 aliphatic carbocycles. The van der Waals surface area contributed by atoms with Gasteiger partial charge in [0.2, 0.25) is 0 Å². The highest BCUT2D eigenvalue weighted by molar-refractivity contribution is 4.79. The van der Waals surface area contributed by atoms with Gasteiger partial charge in [0.25, 0.3) is 0 Å². The molecule has 15 heavy (non-hydrogen) atoms. The van der Waals surface area contributed by atoms with Gasteiger partial charge in [-0.2, -0.15) is 0 Å². The van der Waals surface area contributed by atoms with Crippen molar-refractivity contribution in [3.63, 3.8) is 0 Å². The zero-order valence-electron chi connectivity index (χ0n) is 10.7. The quantitative estimate of drug-likeness (QED) is 0.758. The molecule has 1 aliphatic heterocycles. The molecule has 2 nitrogen and oxygen atoms in total. The second-order valence-electron chi connectivity index (χ2n) is 5.41. The Morgan fingerprint density at radius 3 is 2.27 bits per heavy atom. The van der Waals surface area contributed by atoms with Crippen molar-refractivity contribution in [3.05, 3.63) is 0 Å². The first kappa shape index (κ1) is 13.0. The van der Waals surface area contributed by atoms with Crippen molar-refractivity contribution < 1.29 is 0 Å². The maximum atomic E-state index is 5.88. The first-order valence-electron chi connectivity index (χ1n) is 6.61. The van der Waals surface area contributed by atoms with E-state index in [1.54, 1.807) is 0 Å². The molecule has 0 aromatic heterocycles. The van der Waals surface area contributed by atoms with Gasteiger partial charge in [0.05, 0.1) is 0 Å². The Morgan fingerprint density at radius 1 is 1.27 bits per heavy atom. The molecule has 2 N–H and O–H groups in total. The van der Waals surface area contributed by atoms with Gasteiger partial charge in [-0.3, -0.25) is 4.90 Å². The Hall–Kier alpha value is -0.0800. The molecule has 0 aromatic carbocycles. The molecule has 1 heterocycles. The van der Waals surface area contributed by atoms with Gasteiger partial charge in [-0.25, -0.2) is 0 Å². The van der Waals surface area contributed by atoms with Crippen LogP contribution in [0.25, 0.3) is 0 Å². The molecule has 0 aromatic rings. The van der Waals surface area contributed by atoms with E-state index in [-0.39, 0.29) is 0 Å². The van der Waals surface area contributed by atoms with Crippen molar-refractivity contribution in [2.24, 2.45) is 17.6 Å². The molecule has 0 amide bonds. The SMILES string of the molecule is CCC1CCN(C(CN)CC(C)C)CC1. The topological polar surface area (TPSA) is 29.3 Å². The van der Waals surface area contributed by atoms with E-state index >= 15 is 0 Å². The summed E-state index contributed by atoms with van der Waals surface area (Å²) in [5, 5.41) is 0. The highest BCUT2D eigenvalue weighted by Gasteiger charge is 2.23. The Labute approximate surface area is 95.2 Å². The summed E-state index contributed by atoms with van der Waals surface area (Å²) in [5.74, 6) is 1.74. The number of nitrogens with two attached hydrogens (primary N) is 1. The monoisotopic (exact) mass is 212 g/mol. The molecule has 0 bridgehead atoms. The number of nitrogens with zero attached hydrogens (tertiary/aromatic N) is 1. The highest BCUT2D eigenvalue weighted by atomic mass is 15.2. The summed E-state index contributed by atoms with van der Waals surface area (Å²) in [4.78, 5) is 2.62. The molecule has 2 heteroatoms. The summed E-state index contributed by atoms with van der Waals surface area (Å²) in [7, 11) is 0. The minimum atomic E-state index is 0.628. The molecule has 90 valence electrons. The van der Waals surface area contributed by atoms with Gasteiger partial charge < -0.3 is 5.73 Å². The minimum absolute atomic E-state index is 0.628. The van der Waals surface area contributed by atoms with Crippen LogP contribution in [0, 0.1) is 11.8 Å². The Morgan fingerprint density at radius 2 is 1.87 bits per heavy atom. The lowest BCUT2D eigenvalue weighted by molar-refractivity contribution is 0.120. The van der Waals surface area contributed by atoms with Crippen LogP contribution < -0.4 is 5.73 Å². The second kappa shape index (κ2) is 6.49. The largest absolute Gasteiger partial charge is 0.329 e. The molecule has 1 saturated heterocycles. The number of hydrogen-bond acceptors (Lipinski definition) is 2. The molecule has 1 atom stereocenters. The van der Waals surface area contributed by atoms with Crippen molar-refractivity contribution in [1.82, 2.24) is 4.90 Å². The maximum Gasteiger partial charge on any atom is 0.0220 e. The molecule has 0 saturated carbocycles. The van der Waals surface area contributed by atoms with Crippen molar-refractivity contribution in [3.8, 4) is 0 Å². The van der Waals surface area contributed by atoms with Gasteiger partial charge in [-0.05, 0) is 44.2 Å². The van der Waals surface area contributed by atoms with Crippen LogP contribution in [-0.2, 0) is 0 Å². The zero-order chi connectivity index (χ0) is 11.3. The van der Waals surface area contributed by atoms with Gasteiger partial charge in [-0.1, -0.05) is 27.2 Å². The van der Waals surface area contributed by atoms with Gasteiger partial charge >= 0.3 is 0 Å². The van der Waals surface area contributed by atoms with Crippen LogP contribution in [0.1, 0.15) is 46.5 Å². The molecule has 1 rings (SSSR count). The normalized spacial score (nSPS) is 22.2. The Kier molecular flexibility index (Phi) is 5.62. The number of likely N-dealkylation sites (tertiary alicyclic amines) is 1. The molecule has 1 unspecified atom stereocenters. The standard InChI is InChI=1S/C13H28N2/c1-4-12-5-7-15(8-6-12)13(10-14)9-11(2)3/h11-13H,4-10,14H2,1-3H3. The zero-order valence-corrected chi connectivity index (χ0v) is 10.7. The van der Waals surface area contributed by atoms with Crippen LogP contribution in [0.4, 0.5) is 0 Å². The van der Waals surface area contributed by atoms with Gasteiger partial charge in [0.1, 0.15) is 0 Å². The van der Waals surface area contributed by atoms with E-state index in [0.29, 0.717) is 6.04 Å². The van der Waals surface area contributed by atoms with Crippen LogP contribution in [0.5, 0.6) is 0 Å². The molecular weight excluding hydrogens is 184 g/mol. The highest BCUT2D eigenvalue weighted by Crippen LogP contribution is 2.23. The van der Waals surface area contributed by atoms with Crippen molar-refractivity contribution in [1.29, 1.82) is 0 Å². The summed E-state index contributed by atoms with van der Waals surface area (Å²) in [6.45, 7) is 10.3. The van der Waals surface area contributed by atoms with E-state index in [2.05, 4.69) is 25.7 Å². The van der Waals surface area contributed by atoms with E-state index in [1.807, 2.05) is 0 Å². The Bertz CT molecular complexity index is 160. The molecular formula is C13H28N2. The number of hydrogen-bond donors (Lipinski definition) is 1. The summed E-state index contributed by atoms with van der Waals surface area (Å²) in [6.07, 6.45) is 5.37. The summed E-state index contributed by atoms with van der Waals surface area (Å²) < 4.78 is 0. The van der Waals surface area contributed by atoms with Crippen molar-refractivity contribution in [2.75, 3.05) is 19.6 Å². The maximum absolute atomic E-state index is 5.88. The fourth-order valence-electron chi connectivity index (χ4n) is 2.66. The van der Waals surface area contributed by atoms with Crippen LogP contribution in [0.15, 0.2) is 0 Å². The van der Waals surface area contributed by atoms with Crippen LogP contribution >= 0.6 is 0 Å². The predicted molar refractivity (Wildman–Crippen MR) is 66.9 cm³/mol. The predicted octanol–water partition coefficient (Wildman–Crippen LogP) is 2.48. The summed E-state index contributed by atoms with van der Waals surface area (Å²) >= 11 is 0. The summed E-state index contributed by atoms with van der Waals surface area (Å²) in [6, 6.07) is 0.628. The lowest BCUT2D eigenvalue weighted by Crippen LogP contribution is -2.45. The lowest BCUT2D eigenvalue weighted by atomic mass is 9.92. The molecule has 0 radical (unpaired) electrons. The first-order valence-corrected chi connectivity index (χ1v) is 6.61. The molecule has 1 aliphatic rings. The second-order valence-corrected chi connectivity index (χ2v) is 5.41. The van der Waals surface area contributed by atoms with Crippen LogP contribution in [-0.4, -0.2) is 30.6 Å². The first-order chi connectivity index (χ1) is 7.17. The summed E-state index contributed by atoms with van der Waals surface area (Å²) in [5.41, 5.74) is 5.88.